The Morgan fingerprint density at radius 2 is 2.00 bits per heavy atom. The summed E-state index contributed by atoms with van der Waals surface area (Å²) in [7, 11) is 0. The monoisotopic (exact) mass is 258 g/mol. The van der Waals surface area contributed by atoms with E-state index in [-0.39, 0.29) is 0 Å². The molecule has 0 N–H and O–H groups in total. The van der Waals surface area contributed by atoms with Crippen molar-refractivity contribution in [3.8, 4) is 6.07 Å². The first-order valence-electron chi connectivity index (χ1n) is 6.69. The Balaban J connectivity index is 2.54. The van der Waals surface area contributed by atoms with Crippen LogP contribution in [0.3, 0.4) is 0 Å². The number of anilines is 1. The average Bonchev–Trinajstić information content (AvgIpc) is 2.46. The van der Waals surface area contributed by atoms with Crippen LogP contribution >= 0.6 is 0 Å². The molecule has 1 aromatic rings. The summed E-state index contributed by atoms with van der Waals surface area (Å²) in [6, 6.07) is 7.79. The van der Waals surface area contributed by atoms with Gasteiger partial charge in [-0.3, -0.25) is 4.90 Å². The van der Waals surface area contributed by atoms with E-state index in [1.807, 2.05) is 18.2 Å². The van der Waals surface area contributed by atoms with Gasteiger partial charge in [0.2, 0.25) is 0 Å². The van der Waals surface area contributed by atoms with Gasteiger partial charge in [-0.2, -0.15) is 5.26 Å². The molecule has 0 radical (unpaired) electrons. The van der Waals surface area contributed by atoms with Gasteiger partial charge in [-0.15, -0.1) is 0 Å². The van der Waals surface area contributed by atoms with E-state index < -0.39 is 12.1 Å². The number of para-hydroxylation sites is 1. The van der Waals surface area contributed by atoms with Crippen molar-refractivity contribution in [2.45, 2.75) is 39.2 Å². The summed E-state index contributed by atoms with van der Waals surface area (Å²) in [5.74, 6) is 0. The largest absolute Gasteiger partial charge is 0.449 e. The summed E-state index contributed by atoms with van der Waals surface area (Å²) >= 11 is 0. The fourth-order valence-electron chi connectivity index (χ4n) is 2.48. The smallest absolute Gasteiger partial charge is 0.415 e. The second-order valence-electron chi connectivity index (χ2n) is 4.55. The van der Waals surface area contributed by atoms with Gasteiger partial charge in [0.25, 0.3) is 0 Å². The van der Waals surface area contributed by atoms with Crippen LogP contribution in [-0.4, -0.2) is 18.7 Å². The Bertz CT molecular complexity index is 497. The topological polar surface area (TPSA) is 53.3 Å². The summed E-state index contributed by atoms with van der Waals surface area (Å²) < 4.78 is 5.11. The van der Waals surface area contributed by atoms with Crippen LogP contribution in [0.4, 0.5) is 10.5 Å². The van der Waals surface area contributed by atoms with E-state index in [1.165, 1.54) is 4.90 Å². The number of carbonyl (C=O) groups excluding carboxylic acids is 1. The van der Waals surface area contributed by atoms with Crippen LogP contribution in [0.1, 0.15) is 31.4 Å². The van der Waals surface area contributed by atoms with Crippen LogP contribution in [0, 0.1) is 11.3 Å². The third-order valence-corrected chi connectivity index (χ3v) is 3.48. The fraction of sp³-hybridized carbons (Fsp3) is 0.467. The Labute approximate surface area is 113 Å². The summed E-state index contributed by atoms with van der Waals surface area (Å²) in [5, 5.41) is 9.27. The number of aryl methyl sites for hydroxylation is 2. The molecule has 0 aliphatic carbocycles. The van der Waals surface area contributed by atoms with Gasteiger partial charge in [-0.1, -0.05) is 32.0 Å². The average molecular weight is 258 g/mol. The van der Waals surface area contributed by atoms with Crippen LogP contribution < -0.4 is 4.90 Å². The first-order valence-corrected chi connectivity index (χ1v) is 6.69. The quantitative estimate of drug-likeness (QED) is 0.837. The molecule has 1 aliphatic rings. The van der Waals surface area contributed by atoms with E-state index in [1.54, 1.807) is 0 Å². The number of nitrogens with zero attached hydrogens (tertiary/aromatic N) is 2. The zero-order valence-corrected chi connectivity index (χ0v) is 11.3. The highest BCUT2D eigenvalue weighted by Crippen LogP contribution is 2.31. The Morgan fingerprint density at radius 3 is 2.53 bits per heavy atom. The number of cyclic esters (lactones) is 1. The lowest BCUT2D eigenvalue weighted by atomic mass is 10.00. The molecule has 2 rings (SSSR count). The highest BCUT2D eigenvalue weighted by molar-refractivity contribution is 5.91. The van der Waals surface area contributed by atoms with Gasteiger partial charge >= 0.3 is 6.09 Å². The standard InChI is InChI=1S/C15H18N2O2/c1-3-11-6-5-7-12(4-2)14(11)17-13(10-16)8-9-19-15(17)18/h5-7,13H,3-4,8-9H2,1-2H3. The van der Waals surface area contributed by atoms with Crippen LogP contribution in [0.15, 0.2) is 18.2 Å². The maximum atomic E-state index is 12.1. The van der Waals surface area contributed by atoms with E-state index in [0.29, 0.717) is 13.0 Å². The molecule has 1 atom stereocenters. The number of hydrogen-bond acceptors (Lipinski definition) is 3. The zero-order valence-electron chi connectivity index (χ0n) is 11.3. The molecule has 4 nitrogen and oxygen atoms in total. The molecule has 0 saturated carbocycles. The molecule has 1 unspecified atom stereocenters. The Hall–Kier alpha value is -2.02. The minimum atomic E-state index is -0.431. The molecule has 1 fully saturated rings. The number of benzene rings is 1. The molecule has 19 heavy (non-hydrogen) atoms. The van der Waals surface area contributed by atoms with Crippen molar-refractivity contribution in [2.24, 2.45) is 0 Å². The van der Waals surface area contributed by atoms with E-state index in [4.69, 9.17) is 4.74 Å². The van der Waals surface area contributed by atoms with E-state index in [9.17, 15) is 10.1 Å². The molecule has 4 heteroatoms. The third kappa shape index (κ3) is 2.41. The predicted octanol–water partition coefficient (Wildman–Crippen LogP) is 3.05. The van der Waals surface area contributed by atoms with Gasteiger partial charge in [0.15, 0.2) is 0 Å². The summed E-state index contributed by atoms with van der Waals surface area (Å²) in [5.41, 5.74) is 3.03. The lowest BCUT2D eigenvalue weighted by Gasteiger charge is -2.33. The number of rotatable bonds is 3. The van der Waals surface area contributed by atoms with Crippen molar-refractivity contribution in [3.05, 3.63) is 29.3 Å². The fourth-order valence-corrected chi connectivity index (χ4v) is 2.48. The Kier molecular flexibility index (Phi) is 4.06. The molecule has 1 saturated heterocycles. The van der Waals surface area contributed by atoms with Crippen molar-refractivity contribution in [3.63, 3.8) is 0 Å². The van der Waals surface area contributed by atoms with Crippen molar-refractivity contribution < 1.29 is 9.53 Å². The lowest BCUT2D eigenvalue weighted by molar-refractivity contribution is 0.134. The van der Waals surface area contributed by atoms with Crippen molar-refractivity contribution in [1.82, 2.24) is 0 Å². The van der Waals surface area contributed by atoms with E-state index >= 15 is 0 Å². The van der Waals surface area contributed by atoms with Crippen LogP contribution in [0.25, 0.3) is 0 Å². The van der Waals surface area contributed by atoms with E-state index in [2.05, 4.69) is 19.9 Å². The van der Waals surface area contributed by atoms with Crippen molar-refractivity contribution in [2.75, 3.05) is 11.5 Å². The molecule has 100 valence electrons. The van der Waals surface area contributed by atoms with Gasteiger partial charge < -0.3 is 4.74 Å². The highest BCUT2D eigenvalue weighted by Gasteiger charge is 2.33. The van der Waals surface area contributed by atoms with Gasteiger partial charge in [0.05, 0.1) is 18.4 Å². The highest BCUT2D eigenvalue weighted by atomic mass is 16.6. The first-order chi connectivity index (χ1) is 9.22. The van der Waals surface area contributed by atoms with Gasteiger partial charge in [-0.05, 0) is 24.0 Å². The van der Waals surface area contributed by atoms with E-state index in [0.717, 1.165) is 29.7 Å². The molecular formula is C15H18N2O2. The molecule has 1 heterocycles. The molecule has 0 aromatic heterocycles. The van der Waals surface area contributed by atoms with Crippen molar-refractivity contribution in [1.29, 1.82) is 5.26 Å². The Morgan fingerprint density at radius 1 is 1.37 bits per heavy atom. The molecular weight excluding hydrogens is 240 g/mol. The maximum Gasteiger partial charge on any atom is 0.415 e. The first kappa shape index (κ1) is 13.4. The maximum absolute atomic E-state index is 12.1. The van der Waals surface area contributed by atoms with Gasteiger partial charge in [0.1, 0.15) is 6.04 Å². The third-order valence-electron chi connectivity index (χ3n) is 3.48. The number of carbonyl (C=O) groups is 1. The van der Waals surface area contributed by atoms with Crippen molar-refractivity contribution >= 4 is 11.8 Å². The second-order valence-corrected chi connectivity index (χ2v) is 4.55. The number of amides is 1. The van der Waals surface area contributed by atoms with Crippen LogP contribution in [0.2, 0.25) is 0 Å². The molecule has 0 bridgehead atoms. The lowest BCUT2D eigenvalue weighted by Crippen LogP contribution is -2.46. The summed E-state index contributed by atoms with van der Waals surface area (Å²) in [4.78, 5) is 13.6. The number of ether oxygens (including phenoxy) is 1. The molecule has 1 aliphatic heterocycles. The molecule has 1 aromatic carbocycles. The SMILES string of the molecule is CCc1cccc(CC)c1N1C(=O)OCCC1C#N. The van der Waals surface area contributed by atoms with Crippen LogP contribution in [-0.2, 0) is 17.6 Å². The number of hydrogen-bond donors (Lipinski definition) is 0. The minimum absolute atomic E-state index is 0.323. The summed E-state index contributed by atoms with van der Waals surface area (Å²) in [6.07, 6.45) is 1.80. The molecule has 1 amide bonds. The van der Waals surface area contributed by atoms with Gasteiger partial charge in [0, 0.05) is 6.42 Å². The van der Waals surface area contributed by atoms with Gasteiger partial charge in [-0.25, -0.2) is 4.79 Å². The molecule has 0 spiro atoms. The second kappa shape index (κ2) is 5.75. The number of nitriles is 1. The predicted molar refractivity (Wildman–Crippen MR) is 73.0 cm³/mol. The minimum Gasteiger partial charge on any atom is -0.449 e. The van der Waals surface area contributed by atoms with Crippen LogP contribution in [0.5, 0.6) is 0 Å². The normalized spacial score (nSPS) is 18.9. The summed E-state index contributed by atoms with van der Waals surface area (Å²) in [6.45, 7) is 4.42. The zero-order chi connectivity index (χ0) is 13.8.